The molecule has 0 saturated carbocycles. The molecule has 2 aromatic carbocycles. The summed E-state index contributed by atoms with van der Waals surface area (Å²) < 4.78 is 11.2. The van der Waals surface area contributed by atoms with Gasteiger partial charge in [-0.15, -0.1) is 0 Å². The average molecular weight is 355 g/mol. The van der Waals surface area contributed by atoms with Crippen LogP contribution in [0.3, 0.4) is 0 Å². The normalized spacial score (nSPS) is 10.4. The van der Waals surface area contributed by atoms with Gasteiger partial charge in [-0.3, -0.25) is 4.79 Å². The van der Waals surface area contributed by atoms with Crippen LogP contribution in [0, 0.1) is 6.92 Å². The second kappa shape index (κ2) is 11.2. The lowest BCUT2D eigenvalue weighted by molar-refractivity contribution is -0.118. The van der Waals surface area contributed by atoms with Crippen molar-refractivity contribution in [2.24, 2.45) is 0 Å². The Bertz CT molecular complexity index is 667. The summed E-state index contributed by atoms with van der Waals surface area (Å²) in [5.74, 6) is 1.34. The number of aryl methyl sites for hydroxylation is 1. The van der Waals surface area contributed by atoms with Crippen molar-refractivity contribution in [1.82, 2.24) is 0 Å². The first-order valence-corrected chi connectivity index (χ1v) is 9.39. The molecule has 0 heterocycles. The molecule has 2 aromatic rings. The SMILES string of the molecule is CCCCCCCOc1ccc(NC(=O)COc2cccc(C)c2)cc1. The molecule has 0 saturated heterocycles. The van der Waals surface area contributed by atoms with Crippen LogP contribution in [0.5, 0.6) is 11.5 Å². The lowest BCUT2D eigenvalue weighted by Gasteiger charge is -2.09. The zero-order valence-corrected chi connectivity index (χ0v) is 15.8. The minimum Gasteiger partial charge on any atom is -0.494 e. The van der Waals surface area contributed by atoms with Gasteiger partial charge in [0.05, 0.1) is 6.61 Å². The molecule has 26 heavy (non-hydrogen) atoms. The van der Waals surface area contributed by atoms with Crippen molar-refractivity contribution in [2.45, 2.75) is 46.0 Å². The van der Waals surface area contributed by atoms with E-state index in [0.717, 1.165) is 30.0 Å². The summed E-state index contributed by atoms with van der Waals surface area (Å²) in [6, 6.07) is 15.1. The lowest BCUT2D eigenvalue weighted by Crippen LogP contribution is -2.20. The van der Waals surface area contributed by atoms with Crippen LogP contribution < -0.4 is 14.8 Å². The van der Waals surface area contributed by atoms with Crippen LogP contribution in [0.2, 0.25) is 0 Å². The highest BCUT2D eigenvalue weighted by atomic mass is 16.5. The molecule has 1 amide bonds. The van der Waals surface area contributed by atoms with Crippen LogP contribution in [0.25, 0.3) is 0 Å². The van der Waals surface area contributed by atoms with Crippen molar-refractivity contribution in [2.75, 3.05) is 18.5 Å². The second-order valence-corrected chi connectivity index (χ2v) is 6.44. The number of unbranched alkanes of at least 4 members (excludes halogenated alkanes) is 4. The smallest absolute Gasteiger partial charge is 0.262 e. The molecule has 4 nitrogen and oxygen atoms in total. The largest absolute Gasteiger partial charge is 0.494 e. The molecule has 140 valence electrons. The first-order chi connectivity index (χ1) is 12.7. The second-order valence-electron chi connectivity index (χ2n) is 6.44. The average Bonchev–Trinajstić information content (AvgIpc) is 2.64. The number of carbonyl (C=O) groups is 1. The molecule has 2 rings (SSSR count). The molecule has 0 aliphatic rings. The Morgan fingerprint density at radius 3 is 2.42 bits per heavy atom. The van der Waals surface area contributed by atoms with Crippen molar-refractivity contribution in [1.29, 1.82) is 0 Å². The number of hydrogen-bond acceptors (Lipinski definition) is 3. The first kappa shape index (κ1) is 19.8. The maximum atomic E-state index is 12.0. The van der Waals surface area contributed by atoms with Gasteiger partial charge in [0, 0.05) is 5.69 Å². The van der Waals surface area contributed by atoms with E-state index in [9.17, 15) is 4.79 Å². The molecular formula is C22H29NO3. The zero-order valence-electron chi connectivity index (χ0n) is 15.8. The number of carbonyl (C=O) groups excluding carboxylic acids is 1. The van der Waals surface area contributed by atoms with E-state index in [1.54, 1.807) is 0 Å². The van der Waals surface area contributed by atoms with Gasteiger partial charge in [-0.1, -0.05) is 44.7 Å². The number of rotatable bonds is 11. The van der Waals surface area contributed by atoms with Gasteiger partial charge in [0.2, 0.25) is 0 Å². The maximum Gasteiger partial charge on any atom is 0.262 e. The van der Waals surface area contributed by atoms with Gasteiger partial charge in [-0.05, 0) is 55.3 Å². The van der Waals surface area contributed by atoms with Crippen molar-refractivity contribution in [3.8, 4) is 11.5 Å². The maximum absolute atomic E-state index is 12.0. The van der Waals surface area contributed by atoms with Gasteiger partial charge in [-0.2, -0.15) is 0 Å². The van der Waals surface area contributed by atoms with E-state index in [1.807, 2.05) is 55.5 Å². The number of ether oxygens (including phenoxy) is 2. The molecule has 0 aliphatic carbocycles. The van der Waals surface area contributed by atoms with Crippen molar-refractivity contribution in [3.63, 3.8) is 0 Å². The Morgan fingerprint density at radius 2 is 1.69 bits per heavy atom. The van der Waals surface area contributed by atoms with Crippen molar-refractivity contribution in [3.05, 3.63) is 54.1 Å². The van der Waals surface area contributed by atoms with E-state index >= 15 is 0 Å². The standard InChI is InChI=1S/C22H29NO3/c1-3-4-5-6-7-15-25-20-13-11-19(12-14-20)23-22(24)17-26-21-10-8-9-18(2)16-21/h8-14,16H,3-7,15,17H2,1-2H3,(H,23,24). The van der Waals surface area contributed by atoms with E-state index < -0.39 is 0 Å². The molecule has 4 heteroatoms. The Labute approximate surface area is 156 Å². The molecular weight excluding hydrogens is 326 g/mol. The summed E-state index contributed by atoms with van der Waals surface area (Å²) in [7, 11) is 0. The third-order valence-electron chi connectivity index (χ3n) is 4.01. The summed E-state index contributed by atoms with van der Waals surface area (Å²) in [5.41, 5.74) is 1.84. The number of anilines is 1. The Kier molecular flexibility index (Phi) is 8.53. The summed E-state index contributed by atoms with van der Waals surface area (Å²) in [6.07, 6.45) is 6.11. The van der Waals surface area contributed by atoms with Gasteiger partial charge < -0.3 is 14.8 Å². The third kappa shape index (κ3) is 7.60. The molecule has 0 fully saturated rings. The molecule has 0 aromatic heterocycles. The quantitative estimate of drug-likeness (QED) is 0.552. The van der Waals surface area contributed by atoms with E-state index in [-0.39, 0.29) is 12.5 Å². The van der Waals surface area contributed by atoms with Crippen LogP contribution in [-0.4, -0.2) is 19.1 Å². The number of benzene rings is 2. The summed E-state index contributed by atoms with van der Waals surface area (Å²) in [4.78, 5) is 12.0. The third-order valence-corrected chi connectivity index (χ3v) is 4.01. The Morgan fingerprint density at radius 1 is 0.923 bits per heavy atom. The van der Waals surface area contributed by atoms with Gasteiger partial charge >= 0.3 is 0 Å². The molecule has 0 spiro atoms. The van der Waals surface area contributed by atoms with Crippen LogP contribution in [0.4, 0.5) is 5.69 Å². The zero-order chi connectivity index (χ0) is 18.6. The monoisotopic (exact) mass is 355 g/mol. The summed E-state index contributed by atoms with van der Waals surface area (Å²) >= 11 is 0. The topological polar surface area (TPSA) is 47.6 Å². The predicted octanol–water partition coefficient (Wildman–Crippen LogP) is 5.36. The predicted molar refractivity (Wildman–Crippen MR) is 106 cm³/mol. The van der Waals surface area contributed by atoms with E-state index in [2.05, 4.69) is 12.2 Å². The van der Waals surface area contributed by atoms with Gasteiger partial charge in [-0.25, -0.2) is 0 Å². The molecule has 0 bridgehead atoms. The Balaban J connectivity index is 1.68. The van der Waals surface area contributed by atoms with Crippen LogP contribution in [-0.2, 0) is 4.79 Å². The fourth-order valence-corrected chi connectivity index (χ4v) is 2.58. The minimum atomic E-state index is -0.184. The van der Waals surface area contributed by atoms with Gasteiger partial charge in [0.25, 0.3) is 5.91 Å². The number of amides is 1. The highest BCUT2D eigenvalue weighted by molar-refractivity contribution is 5.91. The fourth-order valence-electron chi connectivity index (χ4n) is 2.58. The van der Waals surface area contributed by atoms with Crippen molar-refractivity contribution < 1.29 is 14.3 Å². The van der Waals surface area contributed by atoms with Crippen LogP contribution in [0.1, 0.15) is 44.6 Å². The van der Waals surface area contributed by atoms with E-state index in [0.29, 0.717) is 5.75 Å². The van der Waals surface area contributed by atoms with Crippen molar-refractivity contribution >= 4 is 11.6 Å². The molecule has 0 radical (unpaired) electrons. The van der Waals surface area contributed by atoms with Gasteiger partial charge in [0.1, 0.15) is 11.5 Å². The molecule has 0 atom stereocenters. The summed E-state index contributed by atoms with van der Waals surface area (Å²) in [5, 5.41) is 2.82. The lowest BCUT2D eigenvalue weighted by atomic mass is 10.2. The minimum absolute atomic E-state index is 0.0144. The molecule has 0 unspecified atom stereocenters. The molecule has 0 aliphatic heterocycles. The number of hydrogen-bond donors (Lipinski definition) is 1. The van der Waals surface area contributed by atoms with Crippen LogP contribution in [0.15, 0.2) is 48.5 Å². The Hall–Kier alpha value is -2.49. The highest BCUT2D eigenvalue weighted by Gasteiger charge is 2.04. The first-order valence-electron chi connectivity index (χ1n) is 9.39. The fraction of sp³-hybridized carbons (Fsp3) is 0.409. The van der Waals surface area contributed by atoms with E-state index in [1.165, 1.54) is 25.7 Å². The number of nitrogens with one attached hydrogen (secondary N) is 1. The summed E-state index contributed by atoms with van der Waals surface area (Å²) in [6.45, 7) is 4.92. The van der Waals surface area contributed by atoms with Gasteiger partial charge in [0.15, 0.2) is 6.61 Å². The molecule has 1 N–H and O–H groups in total. The van der Waals surface area contributed by atoms with E-state index in [4.69, 9.17) is 9.47 Å². The van der Waals surface area contributed by atoms with Crippen LogP contribution >= 0.6 is 0 Å². The highest BCUT2D eigenvalue weighted by Crippen LogP contribution is 2.17.